The maximum Gasteiger partial charge on any atom is 0.330 e. The topological polar surface area (TPSA) is 57.7 Å². The molecular formula is C12H14BrNO4. The van der Waals surface area contributed by atoms with Gasteiger partial charge in [-0.3, -0.25) is 0 Å². The normalized spacial score (nSPS) is 12.4. The van der Waals surface area contributed by atoms with Crippen molar-refractivity contribution in [1.29, 1.82) is 0 Å². The Bertz CT molecular complexity index is 422. The van der Waals surface area contributed by atoms with Crippen molar-refractivity contribution in [2.45, 2.75) is 6.10 Å². The minimum absolute atomic E-state index is 0.314. The Balaban J connectivity index is 2.71. The minimum Gasteiger partial charge on any atom is -0.481 e. The molecule has 0 unspecified atom stereocenters. The van der Waals surface area contributed by atoms with Crippen LogP contribution in [-0.4, -0.2) is 37.9 Å². The molecule has 5 nitrogen and oxygen atoms in total. The molecule has 1 atom stereocenters. The Kier molecular flexibility index (Phi) is 6.38. The second-order valence-corrected chi connectivity index (χ2v) is 4.04. The summed E-state index contributed by atoms with van der Waals surface area (Å²) in [5.41, 5.74) is 0. The number of ether oxygens (including phenoxy) is 3. The lowest BCUT2D eigenvalue weighted by Gasteiger charge is -2.15. The van der Waals surface area contributed by atoms with E-state index in [2.05, 4.69) is 25.7 Å². The van der Waals surface area contributed by atoms with Crippen molar-refractivity contribution in [3.05, 3.63) is 35.1 Å². The van der Waals surface area contributed by atoms with Gasteiger partial charge in [0.1, 0.15) is 10.7 Å². The molecule has 0 saturated heterocycles. The zero-order chi connectivity index (χ0) is 13.4. The minimum atomic E-state index is -0.440. The van der Waals surface area contributed by atoms with Gasteiger partial charge < -0.3 is 14.2 Å². The molecule has 0 saturated carbocycles. The first-order valence-electron chi connectivity index (χ1n) is 5.19. The van der Waals surface area contributed by atoms with Crippen LogP contribution in [0.25, 0.3) is 0 Å². The van der Waals surface area contributed by atoms with Crippen LogP contribution in [0.2, 0.25) is 0 Å². The van der Waals surface area contributed by atoms with Crippen LogP contribution >= 0.6 is 15.9 Å². The summed E-state index contributed by atoms with van der Waals surface area (Å²) in [4.78, 5) is 15.1. The van der Waals surface area contributed by atoms with Gasteiger partial charge in [-0.2, -0.15) is 0 Å². The highest BCUT2D eigenvalue weighted by Gasteiger charge is 2.10. The second kappa shape index (κ2) is 7.84. The number of hydrogen-bond donors (Lipinski definition) is 0. The summed E-state index contributed by atoms with van der Waals surface area (Å²) in [6.45, 7) is 0.314. The van der Waals surface area contributed by atoms with E-state index in [1.54, 1.807) is 31.5 Å². The molecule has 0 aliphatic rings. The van der Waals surface area contributed by atoms with E-state index in [0.29, 0.717) is 17.0 Å². The molecule has 1 heterocycles. The summed E-state index contributed by atoms with van der Waals surface area (Å²) in [6, 6.07) is 3.53. The summed E-state index contributed by atoms with van der Waals surface area (Å²) in [6.07, 6.45) is 4.13. The third-order valence-electron chi connectivity index (χ3n) is 1.98. The van der Waals surface area contributed by atoms with Gasteiger partial charge in [0.25, 0.3) is 0 Å². The van der Waals surface area contributed by atoms with Crippen LogP contribution in [0, 0.1) is 0 Å². The van der Waals surface area contributed by atoms with E-state index in [1.807, 2.05) is 0 Å². The average Bonchev–Trinajstić information content (AvgIpc) is 2.38. The molecule has 1 aromatic heterocycles. The van der Waals surface area contributed by atoms with Crippen LogP contribution in [0.1, 0.15) is 0 Å². The van der Waals surface area contributed by atoms with Crippen molar-refractivity contribution in [2.75, 3.05) is 20.8 Å². The number of rotatable bonds is 6. The number of carbonyl (C=O) groups is 1. The van der Waals surface area contributed by atoms with Crippen molar-refractivity contribution in [1.82, 2.24) is 4.98 Å². The second-order valence-electron chi connectivity index (χ2n) is 3.29. The molecule has 18 heavy (non-hydrogen) atoms. The fourth-order valence-corrected chi connectivity index (χ4v) is 1.51. The van der Waals surface area contributed by atoms with Crippen LogP contribution in [0.4, 0.5) is 0 Å². The van der Waals surface area contributed by atoms with Crippen LogP contribution in [0.15, 0.2) is 35.1 Å². The molecule has 0 aliphatic carbocycles. The van der Waals surface area contributed by atoms with Crippen molar-refractivity contribution in [2.24, 2.45) is 0 Å². The largest absolute Gasteiger partial charge is 0.481 e. The number of aromatic nitrogens is 1. The number of halogens is 1. The lowest BCUT2D eigenvalue weighted by molar-refractivity contribution is -0.134. The number of nitrogens with zero attached hydrogens (tertiary/aromatic N) is 1. The quantitative estimate of drug-likeness (QED) is 0.456. The van der Waals surface area contributed by atoms with Crippen LogP contribution < -0.4 is 4.74 Å². The maximum atomic E-state index is 11.0. The molecule has 6 heteroatoms. The molecule has 98 valence electrons. The van der Waals surface area contributed by atoms with Gasteiger partial charge in [0, 0.05) is 19.4 Å². The summed E-state index contributed by atoms with van der Waals surface area (Å²) in [5.74, 6) is 0.138. The number of methoxy groups -OCH3 is 2. The third-order valence-corrected chi connectivity index (χ3v) is 2.58. The van der Waals surface area contributed by atoms with Gasteiger partial charge in [-0.1, -0.05) is 0 Å². The van der Waals surface area contributed by atoms with Gasteiger partial charge in [-0.15, -0.1) is 0 Å². The molecule has 0 spiro atoms. The van der Waals surface area contributed by atoms with Gasteiger partial charge in [-0.25, -0.2) is 9.78 Å². The Labute approximate surface area is 114 Å². The van der Waals surface area contributed by atoms with Crippen molar-refractivity contribution in [3.63, 3.8) is 0 Å². The Hall–Kier alpha value is -1.40. The number of esters is 1. The van der Waals surface area contributed by atoms with E-state index in [1.165, 1.54) is 13.2 Å². The molecule has 0 bridgehead atoms. The number of pyridine rings is 1. The van der Waals surface area contributed by atoms with Crippen LogP contribution in [0.5, 0.6) is 5.75 Å². The Morgan fingerprint density at radius 3 is 2.94 bits per heavy atom. The van der Waals surface area contributed by atoms with Gasteiger partial charge in [0.15, 0.2) is 5.75 Å². The van der Waals surface area contributed by atoms with Gasteiger partial charge in [0.2, 0.25) is 0 Å². The van der Waals surface area contributed by atoms with Crippen molar-refractivity contribution in [3.8, 4) is 5.75 Å². The predicted molar refractivity (Wildman–Crippen MR) is 69.4 cm³/mol. The summed E-state index contributed by atoms with van der Waals surface area (Å²) < 4.78 is 15.8. The molecule has 1 rings (SSSR count). The van der Waals surface area contributed by atoms with Gasteiger partial charge in [0.05, 0.1) is 13.7 Å². The first-order chi connectivity index (χ1) is 8.67. The zero-order valence-corrected chi connectivity index (χ0v) is 11.7. The maximum absolute atomic E-state index is 11.0. The van der Waals surface area contributed by atoms with E-state index < -0.39 is 12.1 Å². The standard InChI is InChI=1S/C12H14BrNO4/c1-16-8-9(5-6-11(15)17-2)18-10-4-3-7-14-12(10)13/h3-7,9H,8H2,1-2H3/b6-5+/t9-/m1/s1. The molecule has 0 radical (unpaired) electrons. The highest BCUT2D eigenvalue weighted by Crippen LogP contribution is 2.22. The van der Waals surface area contributed by atoms with Gasteiger partial charge >= 0.3 is 5.97 Å². The monoisotopic (exact) mass is 315 g/mol. The molecule has 0 fully saturated rings. The number of carbonyl (C=O) groups excluding carboxylic acids is 1. The summed E-state index contributed by atoms with van der Waals surface area (Å²) >= 11 is 3.28. The highest BCUT2D eigenvalue weighted by molar-refractivity contribution is 9.10. The van der Waals surface area contributed by atoms with Crippen LogP contribution in [0.3, 0.4) is 0 Å². The van der Waals surface area contributed by atoms with Crippen molar-refractivity contribution >= 4 is 21.9 Å². The molecule has 0 N–H and O–H groups in total. The number of hydrogen-bond acceptors (Lipinski definition) is 5. The summed E-state index contributed by atoms with van der Waals surface area (Å²) in [7, 11) is 2.87. The first-order valence-corrected chi connectivity index (χ1v) is 5.99. The highest BCUT2D eigenvalue weighted by atomic mass is 79.9. The van der Waals surface area contributed by atoms with E-state index in [0.717, 1.165) is 0 Å². The average molecular weight is 316 g/mol. The fraction of sp³-hybridized carbons (Fsp3) is 0.333. The van der Waals surface area contributed by atoms with Crippen molar-refractivity contribution < 1.29 is 19.0 Å². The fourth-order valence-electron chi connectivity index (χ4n) is 1.17. The lowest BCUT2D eigenvalue weighted by atomic mass is 10.3. The van der Waals surface area contributed by atoms with E-state index in [-0.39, 0.29) is 0 Å². The molecular weight excluding hydrogens is 302 g/mol. The van der Waals surface area contributed by atoms with E-state index in [4.69, 9.17) is 9.47 Å². The first kappa shape index (κ1) is 14.7. The molecule has 0 aromatic carbocycles. The third kappa shape index (κ3) is 4.85. The molecule has 0 amide bonds. The van der Waals surface area contributed by atoms with Crippen LogP contribution in [-0.2, 0) is 14.3 Å². The Morgan fingerprint density at radius 2 is 2.33 bits per heavy atom. The SMILES string of the molecule is COC[C@@H](/C=C/C(=O)OC)Oc1cccnc1Br. The lowest BCUT2D eigenvalue weighted by Crippen LogP contribution is -2.20. The zero-order valence-electron chi connectivity index (χ0n) is 10.1. The smallest absolute Gasteiger partial charge is 0.330 e. The molecule has 0 aliphatic heterocycles. The predicted octanol–water partition coefficient (Wildman–Crippen LogP) is 1.97. The summed E-state index contributed by atoms with van der Waals surface area (Å²) in [5, 5.41) is 0. The Morgan fingerprint density at radius 1 is 1.56 bits per heavy atom. The van der Waals surface area contributed by atoms with Gasteiger partial charge in [-0.05, 0) is 34.1 Å². The molecule has 1 aromatic rings. The van der Waals surface area contributed by atoms with E-state index in [9.17, 15) is 4.79 Å². The van der Waals surface area contributed by atoms with E-state index >= 15 is 0 Å².